The van der Waals surface area contributed by atoms with E-state index < -0.39 is 17.3 Å². The van der Waals surface area contributed by atoms with Crippen LogP contribution in [0.2, 0.25) is 0 Å². The Labute approximate surface area is 115 Å². The van der Waals surface area contributed by atoms with Crippen molar-refractivity contribution in [1.29, 1.82) is 0 Å². The van der Waals surface area contributed by atoms with Crippen LogP contribution < -0.4 is 0 Å². The van der Waals surface area contributed by atoms with Crippen LogP contribution in [0.15, 0.2) is 12.2 Å². The number of fused-ring (bicyclic) bond motifs is 2. The summed E-state index contributed by atoms with van der Waals surface area (Å²) in [7, 11) is 3.05. The third-order valence-electron chi connectivity index (χ3n) is 4.92. The van der Waals surface area contributed by atoms with Gasteiger partial charge in [0.1, 0.15) is 11.0 Å². The first-order valence-corrected chi connectivity index (χ1v) is 7.56. The van der Waals surface area contributed by atoms with Crippen LogP contribution in [0.25, 0.3) is 0 Å². The molecule has 6 atom stereocenters. The molecule has 0 aromatic heterocycles. The standard InChI is InChI=1S/C13H16O5S/c1-15-10-9-7-3-4-12(18-7)6-19-5-8(17-10)13(9,12)11(14)16-2/h3-4,7-10H,5-6H2,1-2H3/t7-,8+,9+,10-,12-,13-/m0/s1. The minimum atomic E-state index is -0.743. The van der Waals surface area contributed by atoms with Crippen LogP contribution in [0.5, 0.6) is 0 Å². The maximum Gasteiger partial charge on any atom is 0.318 e. The molecule has 4 aliphatic heterocycles. The average Bonchev–Trinajstić information content (AvgIpc) is 3.07. The predicted molar refractivity (Wildman–Crippen MR) is 67.7 cm³/mol. The van der Waals surface area contributed by atoms with Crippen molar-refractivity contribution in [1.82, 2.24) is 0 Å². The molecule has 0 aromatic carbocycles. The Bertz CT molecular complexity index is 466. The summed E-state index contributed by atoms with van der Waals surface area (Å²) in [4.78, 5) is 12.6. The van der Waals surface area contributed by atoms with E-state index in [2.05, 4.69) is 0 Å². The number of ether oxygens (including phenoxy) is 4. The Hall–Kier alpha value is -0.560. The van der Waals surface area contributed by atoms with E-state index in [4.69, 9.17) is 18.9 Å². The molecule has 4 aliphatic rings. The summed E-state index contributed by atoms with van der Waals surface area (Å²) in [6.07, 6.45) is 3.34. The van der Waals surface area contributed by atoms with Crippen molar-refractivity contribution >= 4 is 17.7 Å². The molecule has 104 valence electrons. The van der Waals surface area contributed by atoms with Gasteiger partial charge in [-0.1, -0.05) is 12.2 Å². The number of rotatable bonds is 2. The van der Waals surface area contributed by atoms with Crippen molar-refractivity contribution in [2.75, 3.05) is 25.7 Å². The number of thioether (sulfide) groups is 1. The fraction of sp³-hybridized carbons (Fsp3) is 0.769. The highest BCUT2D eigenvalue weighted by Crippen LogP contribution is 2.66. The molecule has 4 heterocycles. The van der Waals surface area contributed by atoms with Gasteiger partial charge in [-0.25, -0.2) is 0 Å². The van der Waals surface area contributed by atoms with E-state index in [1.807, 2.05) is 12.2 Å². The molecule has 1 spiro atoms. The highest BCUT2D eigenvalue weighted by Gasteiger charge is 2.80. The van der Waals surface area contributed by atoms with Crippen LogP contribution in [0.1, 0.15) is 0 Å². The Morgan fingerprint density at radius 1 is 1.47 bits per heavy atom. The molecule has 6 heteroatoms. The van der Waals surface area contributed by atoms with Crippen molar-refractivity contribution in [2.24, 2.45) is 11.3 Å². The summed E-state index contributed by atoms with van der Waals surface area (Å²) in [5, 5.41) is 0. The minimum Gasteiger partial charge on any atom is -0.468 e. The number of hydrogen-bond donors (Lipinski definition) is 0. The molecule has 4 rings (SSSR count). The lowest BCUT2D eigenvalue weighted by Gasteiger charge is -2.45. The van der Waals surface area contributed by atoms with Crippen molar-refractivity contribution < 1.29 is 23.7 Å². The van der Waals surface area contributed by atoms with Gasteiger partial charge in [0.25, 0.3) is 0 Å². The fourth-order valence-corrected chi connectivity index (χ4v) is 5.63. The van der Waals surface area contributed by atoms with Gasteiger partial charge in [0.05, 0.1) is 25.2 Å². The first-order chi connectivity index (χ1) is 9.19. The van der Waals surface area contributed by atoms with Gasteiger partial charge in [-0.3, -0.25) is 4.79 Å². The summed E-state index contributed by atoms with van der Waals surface area (Å²) in [6, 6.07) is 0. The summed E-state index contributed by atoms with van der Waals surface area (Å²) in [5.74, 6) is 1.20. The van der Waals surface area contributed by atoms with Gasteiger partial charge in [0, 0.05) is 18.6 Å². The zero-order valence-corrected chi connectivity index (χ0v) is 11.6. The Kier molecular flexibility index (Phi) is 2.41. The summed E-state index contributed by atoms with van der Waals surface area (Å²) < 4.78 is 22.7. The topological polar surface area (TPSA) is 54.0 Å². The molecule has 0 aliphatic carbocycles. The zero-order chi connectivity index (χ0) is 13.3. The van der Waals surface area contributed by atoms with Crippen LogP contribution in [-0.4, -0.2) is 55.8 Å². The number of carbonyl (C=O) groups excluding carboxylic acids is 1. The Morgan fingerprint density at radius 3 is 3.05 bits per heavy atom. The molecule has 0 unspecified atom stereocenters. The normalized spacial score (nSPS) is 53.4. The van der Waals surface area contributed by atoms with Crippen LogP contribution in [0.3, 0.4) is 0 Å². The van der Waals surface area contributed by atoms with Gasteiger partial charge in [-0.05, 0) is 0 Å². The maximum atomic E-state index is 12.6. The van der Waals surface area contributed by atoms with Gasteiger partial charge in [0.2, 0.25) is 0 Å². The molecule has 3 fully saturated rings. The first kappa shape index (κ1) is 12.2. The summed E-state index contributed by atoms with van der Waals surface area (Å²) in [5.41, 5.74) is -1.33. The van der Waals surface area contributed by atoms with Gasteiger partial charge >= 0.3 is 5.97 Å². The lowest BCUT2D eigenvalue weighted by molar-refractivity contribution is -0.172. The van der Waals surface area contributed by atoms with Gasteiger partial charge in [-0.15, -0.1) is 0 Å². The van der Waals surface area contributed by atoms with Crippen LogP contribution in [-0.2, 0) is 23.7 Å². The molecule has 2 bridgehead atoms. The van der Waals surface area contributed by atoms with Gasteiger partial charge in [-0.2, -0.15) is 11.8 Å². The van der Waals surface area contributed by atoms with E-state index in [1.165, 1.54) is 7.11 Å². The summed E-state index contributed by atoms with van der Waals surface area (Å²) in [6.45, 7) is 0. The number of esters is 1. The van der Waals surface area contributed by atoms with E-state index in [-0.39, 0.29) is 24.1 Å². The molecule has 19 heavy (non-hydrogen) atoms. The van der Waals surface area contributed by atoms with Crippen molar-refractivity contribution in [3.63, 3.8) is 0 Å². The molecule has 0 N–H and O–H groups in total. The second kappa shape index (κ2) is 3.75. The van der Waals surface area contributed by atoms with E-state index in [0.29, 0.717) is 0 Å². The molecule has 0 saturated carbocycles. The van der Waals surface area contributed by atoms with Crippen molar-refractivity contribution in [2.45, 2.75) is 24.1 Å². The molecule has 5 nitrogen and oxygen atoms in total. The third-order valence-corrected chi connectivity index (χ3v) is 6.09. The molecule has 3 saturated heterocycles. The Balaban J connectivity index is 1.92. The number of methoxy groups -OCH3 is 2. The van der Waals surface area contributed by atoms with Crippen LogP contribution >= 0.6 is 11.8 Å². The fourth-order valence-electron chi connectivity index (χ4n) is 4.25. The van der Waals surface area contributed by atoms with Crippen LogP contribution in [0, 0.1) is 11.3 Å². The number of hydrogen-bond acceptors (Lipinski definition) is 6. The highest BCUT2D eigenvalue weighted by atomic mass is 32.2. The van der Waals surface area contributed by atoms with E-state index in [0.717, 1.165) is 11.5 Å². The second-order valence-electron chi connectivity index (χ2n) is 5.46. The monoisotopic (exact) mass is 284 g/mol. The van der Waals surface area contributed by atoms with Gasteiger partial charge < -0.3 is 18.9 Å². The Morgan fingerprint density at radius 2 is 2.32 bits per heavy atom. The lowest BCUT2D eigenvalue weighted by Crippen LogP contribution is -2.62. The van der Waals surface area contributed by atoms with Crippen molar-refractivity contribution in [3.8, 4) is 0 Å². The number of carbonyl (C=O) groups is 1. The first-order valence-electron chi connectivity index (χ1n) is 6.41. The highest BCUT2D eigenvalue weighted by molar-refractivity contribution is 7.99. The van der Waals surface area contributed by atoms with E-state index in [1.54, 1.807) is 18.9 Å². The minimum absolute atomic E-state index is 0.110. The smallest absolute Gasteiger partial charge is 0.318 e. The molecular weight excluding hydrogens is 268 g/mol. The SMILES string of the molecule is COC(=O)[C@@]12[C@H]3[C@@H](OC)O[C@@H]1CSC[C@@]21C=C[C@@H]3O1. The lowest BCUT2D eigenvalue weighted by atomic mass is 9.61. The molecular formula is C13H16O5S. The average molecular weight is 284 g/mol. The molecule has 0 aromatic rings. The largest absolute Gasteiger partial charge is 0.468 e. The van der Waals surface area contributed by atoms with E-state index in [9.17, 15) is 4.79 Å². The van der Waals surface area contributed by atoms with Crippen LogP contribution in [0.4, 0.5) is 0 Å². The zero-order valence-electron chi connectivity index (χ0n) is 10.8. The van der Waals surface area contributed by atoms with E-state index >= 15 is 0 Å². The van der Waals surface area contributed by atoms with Gasteiger partial charge in [0.15, 0.2) is 6.29 Å². The quantitative estimate of drug-likeness (QED) is 0.546. The predicted octanol–water partition coefficient (Wildman–Crippen LogP) is 0.587. The molecule has 0 radical (unpaired) electrons. The van der Waals surface area contributed by atoms with Crippen molar-refractivity contribution in [3.05, 3.63) is 12.2 Å². The maximum absolute atomic E-state index is 12.6. The molecule has 0 amide bonds. The third kappa shape index (κ3) is 1.14. The second-order valence-corrected chi connectivity index (χ2v) is 6.49. The summed E-state index contributed by atoms with van der Waals surface area (Å²) >= 11 is 1.76.